The van der Waals surface area contributed by atoms with E-state index in [1.54, 1.807) is 30.3 Å². The van der Waals surface area contributed by atoms with E-state index >= 15 is 0 Å². The molecule has 0 saturated heterocycles. The molecular formula is C11H12F4O4S. The fourth-order valence-electron chi connectivity index (χ4n) is 1.16. The van der Waals surface area contributed by atoms with Gasteiger partial charge in [0.05, 0.1) is 13.2 Å². The van der Waals surface area contributed by atoms with E-state index in [1.165, 1.54) is 0 Å². The first kappa shape index (κ1) is 16.9. The van der Waals surface area contributed by atoms with Gasteiger partial charge in [-0.3, -0.25) is 4.18 Å². The van der Waals surface area contributed by atoms with Crippen LogP contribution < -0.4 is 0 Å². The van der Waals surface area contributed by atoms with Crippen LogP contribution in [0.4, 0.5) is 17.6 Å². The lowest BCUT2D eigenvalue weighted by atomic mass is 10.2. The number of hydrogen-bond acceptors (Lipinski definition) is 4. The molecule has 1 rings (SSSR count). The van der Waals surface area contributed by atoms with Gasteiger partial charge >= 0.3 is 15.6 Å². The molecule has 9 heteroatoms. The van der Waals surface area contributed by atoms with Crippen LogP contribution >= 0.6 is 0 Å². The lowest BCUT2D eigenvalue weighted by Crippen LogP contribution is -2.29. The van der Waals surface area contributed by atoms with Gasteiger partial charge in [-0.2, -0.15) is 21.6 Å². The van der Waals surface area contributed by atoms with E-state index < -0.39 is 35.0 Å². The van der Waals surface area contributed by atoms with Crippen molar-refractivity contribution < 1.29 is 34.9 Å². The number of benzene rings is 1. The Labute approximate surface area is 113 Å². The minimum absolute atomic E-state index is 0.0628. The molecule has 0 unspecified atom stereocenters. The Kier molecular flexibility index (Phi) is 5.90. The molecule has 1 aromatic carbocycles. The van der Waals surface area contributed by atoms with Crippen LogP contribution in [0, 0.1) is 0 Å². The molecule has 0 N–H and O–H groups in total. The molecule has 0 saturated carbocycles. The van der Waals surface area contributed by atoms with E-state index in [1.807, 2.05) is 0 Å². The summed E-state index contributed by atoms with van der Waals surface area (Å²) in [6, 6.07) is 8.70. The van der Waals surface area contributed by atoms with Gasteiger partial charge in [-0.25, -0.2) is 4.39 Å². The Morgan fingerprint density at radius 1 is 1.10 bits per heavy atom. The molecule has 0 aliphatic carbocycles. The SMILES string of the molecule is O=S(=O)(OC[C@H](F)COCc1ccccc1)C(F)(F)F. The van der Waals surface area contributed by atoms with E-state index in [4.69, 9.17) is 4.74 Å². The standard InChI is InChI=1S/C11H12F4O4S/c12-10(8-19-20(16,17)11(13,14)15)7-18-6-9-4-2-1-3-5-9/h1-5,10H,6-8H2/t10-/m1/s1. The van der Waals surface area contributed by atoms with Gasteiger partial charge in [0.15, 0.2) is 0 Å². The molecule has 4 nitrogen and oxygen atoms in total. The average molecular weight is 316 g/mol. The zero-order valence-corrected chi connectivity index (χ0v) is 11.0. The van der Waals surface area contributed by atoms with Gasteiger partial charge in [0.25, 0.3) is 0 Å². The van der Waals surface area contributed by atoms with E-state index in [9.17, 15) is 26.0 Å². The Morgan fingerprint density at radius 2 is 1.70 bits per heavy atom. The maximum Gasteiger partial charge on any atom is 0.523 e. The Bertz CT molecular complexity index is 501. The second-order valence-corrected chi connectivity index (χ2v) is 5.39. The lowest BCUT2D eigenvalue weighted by molar-refractivity contribution is -0.0564. The first-order valence-corrected chi connectivity index (χ1v) is 6.84. The van der Waals surface area contributed by atoms with E-state index in [0.29, 0.717) is 0 Å². The number of ether oxygens (including phenoxy) is 1. The summed E-state index contributed by atoms with van der Waals surface area (Å²) in [6.07, 6.45) is -1.98. The largest absolute Gasteiger partial charge is 0.523 e. The third-order valence-corrected chi connectivity index (χ3v) is 3.11. The summed E-state index contributed by atoms with van der Waals surface area (Å²) in [5.41, 5.74) is -4.80. The molecule has 0 fully saturated rings. The summed E-state index contributed by atoms with van der Waals surface area (Å²) in [5, 5.41) is 0. The molecule has 0 amide bonds. The number of alkyl halides is 4. The van der Waals surface area contributed by atoms with Crippen molar-refractivity contribution in [3.8, 4) is 0 Å². The molecule has 0 radical (unpaired) electrons. The van der Waals surface area contributed by atoms with E-state index in [2.05, 4.69) is 4.18 Å². The number of halogens is 4. The monoisotopic (exact) mass is 316 g/mol. The van der Waals surface area contributed by atoms with Crippen LogP contribution in [0.2, 0.25) is 0 Å². The zero-order chi connectivity index (χ0) is 15.2. The van der Waals surface area contributed by atoms with Gasteiger partial charge in [-0.1, -0.05) is 30.3 Å². The molecule has 20 heavy (non-hydrogen) atoms. The molecule has 0 spiro atoms. The quantitative estimate of drug-likeness (QED) is 0.440. The molecule has 114 valence electrons. The second-order valence-electron chi connectivity index (χ2n) is 3.78. The predicted octanol–water partition coefficient (Wildman–Crippen LogP) is 2.41. The first-order valence-electron chi connectivity index (χ1n) is 5.44. The summed E-state index contributed by atoms with van der Waals surface area (Å²) >= 11 is 0. The van der Waals surface area contributed by atoms with Gasteiger partial charge in [0, 0.05) is 0 Å². The number of rotatable bonds is 7. The van der Waals surface area contributed by atoms with Crippen LogP contribution in [0.3, 0.4) is 0 Å². The van der Waals surface area contributed by atoms with Crippen LogP contribution in [-0.2, 0) is 25.6 Å². The molecule has 0 aliphatic heterocycles. The highest BCUT2D eigenvalue weighted by atomic mass is 32.2. The van der Waals surface area contributed by atoms with Gasteiger partial charge < -0.3 is 4.74 Å². The molecule has 1 aromatic rings. The van der Waals surface area contributed by atoms with E-state index in [-0.39, 0.29) is 6.61 Å². The summed E-state index contributed by atoms with van der Waals surface area (Å²) in [6.45, 7) is -1.74. The van der Waals surface area contributed by atoms with Crippen molar-refractivity contribution >= 4 is 10.1 Å². The normalized spacial score (nSPS) is 14.2. The molecule has 0 aromatic heterocycles. The molecular weight excluding hydrogens is 304 g/mol. The second kappa shape index (κ2) is 7.00. The van der Waals surface area contributed by atoms with Crippen LogP contribution in [0.15, 0.2) is 30.3 Å². The highest BCUT2D eigenvalue weighted by molar-refractivity contribution is 7.87. The Morgan fingerprint density at radius 3 is 2.25 bits per heavy atom. The van der Waals surface area contributed by atoms with Crippen LogP contribution in [-0.4, -0.2) is 33.3 Å². The third kappa shape index (κ3) is 5.43. The highest BCUT2D eigenvalue weighted by Crippen LogP contribution is 2.24. The fourth-order valence-corrected chi connectivity index (χ4v) is 1.62. The minimum atomic E-state index is -5.77. The summed E-state index contributed by atoms with van der Waals surface area (Å²) in [7, 11) is -5.77. The highest BCUT2D eigenvalue weighted by Gasteiger charge is 2.47. The minimum Gasteiger partial charge on any atom is -0.374 e. The van der Waals surface area contributed by atoms with Crippen molar-refractivity contribution in [1.82, 2.24) is 0 Å². The van der Waals surface area contributed by atoms with Crippen molar-refractivity contribution in [3.05, 3.63) is 35.9 Å². The first-order chi connectivity index (χ1) is 9.22. The molecule has 0 bridgehead atoms. The summed E-state index contributed by atoms with van der Waals surface area (Å²) < 4.78 is 78.3. The topological polar surface area (TPSA) is 52.6 Å². The van der Waals surface area contributed by atoms with Crippen molar-refractivity contribution in [1.29, 1.82) is 0 Å². The fraction of sp³-hybridized carbons (Fsp3) is 0.455. The van der Waals surface area contributed by atoms with Crippen molar-refractivity contribution in [2.75, 3.05) is 13.2 Å². The van der Waals surface area contributed by atoms with Gasteiger partial charge in [-0.15, -0.1) is 0 Å². The van der Waals surface area contributed by atoms with E-state index in [0.717, 1.165) is 5.56 Å². The van der Waals surface area contributed by atoms with Gasteiger partial charge in [0.2, 0.25) is 0 Å². The number of hydrogen-bond donors (Lipinski definition) is 0. The van der Waals surface area contributed by atoms with Gasteiger partial charge in [0.1, 0.15) is 12.8 Å². The molecule has 0 aliphatic rings. The lowest BCUT2D eigenvalue weighted by Gasteiger charge is -2.11. The van der Waals surface area contributed by atoms with Crippen LogP contribution in [0.5, 0.6) is 0 Å². The zero-order valence-electron chi connectivity index (χ0n) is 10.1. The van der Waals surface area contributed by atoms with Gasteiger partial charge in [-0.05, 0) is 5.56 Å². The Hall–Kier alpha value is -1.19. The van der Waals surface area contributed by atoms with Crippen LogP contribution in [0.25, 0.3) is 0 Å². The maximum atomic E-state index is 13.1. The van der Waals surface area contributed by atoms with Crippen molar-refractivity contribution in [2.45, 2.75) is 18.3 Å². The van der Waals surface area contributed by atoms with Crippen molar-refractivity contribution in [2.24, 2.45) is 0 Å². The average Bonchev–Trinajstić information content (AvgIpc) is 2.36. The molecule has 0 heterocycles. The molecule has 1 atom stereocenters. The summed E-state index contributed by atoms with van der Waals surface area (Å²) in [5.74, 6) is 0. The van der Waals surface area contributed by atoms with Crippen molar-refractivity contribution in [3.63, 3.8) is 0 Å². The maximum absolute atomic E-state index is 13.1. The third-order valence-electron chi connectivity index (χ3n) is 2.10. The van der Waals surface area contributed by atoms with Crippen LogP contribution in [0.1, 0.15) is 5.56 Å². The summed E-state index contributed by atoms with van der Waals surface area (Å²) in [4.78, 5) is 0. The predicted molar refractivity (Wildman–Crippen MR) is 61.9 cm³/mol. The Balaban J connectivity index is 2.29. The smallest absolute Gasteiger partial charge is 0.374 e.